The van der Waals surface area contributed by atoms with Crippen LogP contribution in [0, 0.1) is 0 Å². The second kappa shape index (κ2) is 5.89. The molecule has 20 heavy (non-hydrogen) atoms. The van der Waals surface area contributed by atoms with Gasteiger partial charge in [-0.3, -0.25) is 0 Å². The molecule has 0 unspecified atom stereocenters. The topological polar surface area (TPSA) is 12.0 Å². The highest BCUT2D eigenvalue weighted by atomic mass is 14.8. The third-order valence-corrected chi connectivity index (χ3v) is 3.66. The van der Waals surface area contributed by atoms with E-state index in [1.54, 1.807) is 0 Å². The molecule has 0 aliphatic rings. The van der Waals surface area contributed by atoms with Gasteiger partial charge in [0.05, 0.1) is 0 Å². The fraction of sp³-hybridized carbons (Fsp3) is 0.158. The third-order valence-electron chi connectivity index (χ3n) is 3.66. The van der Waals surface area contributed by atoms with E-state index in [-0.39, 0.29) is 0 Å². The van der Waals surface area contributed by atoms with Crippen LogP contribution in [0.4, 0.5) is 0 Å². The summed E-state index contributed by atoms with van der Waals surface area (Å²) in [6, 6.07) is 19.5. The fourth-order valence-corrected chi connectivity index (χ4v) is 2.66. The van der Waals surface area contributed by atoms with Crippen LogP contribution in [0.25, 0.3) is 27.6 Å². The van der Waals surface area contributed by atoms with E-state index >= 15 is 0 Å². The average Bonchev–Trinajstić information content (AvgIpc) is 2.51. The highest BCUT2D eigenvalue weighted by Crippen LogP contribution is 2.29. The van der Waals surface area contributed by atoms with Crippen molar-refractivity contribution in [3.8, 4) is 0 Å². The Morgan fingerprint density at radius 3 is 2.40 bits per heavy atom. The van der Waals surface area contributed by atoms with Crippen LogP contribution in [0.15, 0.2) is 60.7 Å². The highest BCUT2D eigenvalue weighted by Gasteiger charge is 2.03. The molecule has 0 saturated heterocycles. The van der Waals surface area contributed by atoms with Crippen molar-refractivity contribution in [3.05, 3.63) is 66.2 Å². The lowest BCUT2D eigenvalue weighted by Gasteiger charge is -2.07. The Morgan fingerprint density at radius 1 is 0.900 bits per heavy atom. The predicted molar refractivity (Wildman–Crippen MR) is 89.0 cm³/mol. The Hall–Kier alpha value is -2.12. The second-order valence-corrected chi connectivity index (χ2v) is 5.03. The van der Waals surface area contributed by atoms with E-state index in [1.165, 1.54) is 27.1 Å². The molecule has 1 heteroatoms. The van der Waals surface area contributed by atoms with Crippen LogP contribution in [-0.2, 0) is 0 Å². The molecule has 1 N–H and O–H groups in total. The molecule has 0 radical (unpaired) electrons. The van der Waals surface area contributed by atoms with Crippen molar-refractivity contribution < 1.29 is 0 Å². The number of hydrogen-bond acceptors (Lipinski definition) is 1. The molecule has 1 nitrogen and oxygen atoms in total. The van der Waals surface area contributed by atoms with Crippen molar-refractivity contribution in [2.75, 3.05) is 13.6 Å². The summed E-state index contributed by atoms with van der Waals surface area (Å²) in [4.78, 5) is 0. The average molecular weight is 261 g/mol. The van der Waals surface area contributed by atoms with Crippen LogP contribution in [0.2, 0.25) is 0 Å². The van der Waals surface area contributed by atoms with E-state index in [0.717, 1.165) is 13.0 Å². The number of hydrogen-bond donors (Lipinski definition) is 1. The second-order valence-electron chi connectivity index (χ2n) is 5.03. The maximum absolute atomic E-state index is 3.17. The molecule has 0 fully saturated rings. The van der Waals surface area contributed by atoms with Gasteiger partial charge in [0.2, 0.25) is 0 Å². The van der Waals surface area contributed by atoms with Crippen molar-refractivity contribution in [1.82, 2.24) is 5.32 Å². The van der Waals surface area contributed by atoms with Crippen molar-refractivity contribution in [1.29, 1.82) is 0 Å². The molecule has 0 spiro atoms. The standard InChI is InChI=1S/C19H19N/c1-20-13-7-6-9-16-14-15-8-2-3-10-17(15)19-12-5-4-11-18(16)19/h2-6,8-12,14,20H,7,13H2,1H3. The Kier molecular flexibility index (Phi) is 3.80. The zero-order valence-corrected chi connectivity index (χ0v) is 11.8. The van der Waals surface area contributed by atoms with Gasteiger partial charge in [0, 0.05) is 0 Å². The van der Waals surface area contributed by atoms with Crippen LogP contribution in [0.5, 0.6) is 0 Å². The van der Waals surface area contributed by atoms with Gasteiger partial charge in [-0.15, -0.1) is 0 Å². The normalized spacial score (nSPS) is 11.7. The lowest BCUT2D eigenvalue weighted by atomic mass is 9.97. The molecule has 0 amide bonds. The molecule has 3 rings (SSSR count). The summed E-state index contributed by atoms with van der Waals surface area (Å²) in [5.41, 5.74) is 1.30. The molecule has 0 bridgehead atoms. The van der Waals surface area contributed by atoms with Crippen LogP contribution >= 0.6 is 0 Å². The summed E-state index contributed by atoms with van der Waals surface area (Å²) in [6.45, 7) is 1.02. The van der Waals surface area contributed by atoms with Gasteiger partial charge in [-0.2, -0.15) is 0 Å². The first-order valence-electron chi connectivity index (χ1n) is 7.12. The number of fused-ring (bicyclic) bond motifs is 3. The van der Waals surface area contributed by atoms with E-state index < -0.39 is 0 Å². The van der Waals surface area contributed by atoms with Crippen molar-refractivity contribution >= 4 is 27.6 Å². The van der Waals surface area contributed by atoms with Gasteiger partial charge in [0.1, 0.15) is 0 Å². The van der Waals surface area contributed by atoms with Gasteiger partial charge in [0.15, 0.2) is 0 Å². The summed E-state index contributed by atoms with van der Waals surface area (Å²) in [6.07, 6.45) is 5.54. The van der Waals surface area contributed by atoms with E-state index in [9.17, 15) is 0 Å². The van der Waals surface area contributed by atoms with Gasteiger partial charge in [-0.05, 0) is 53.2 Å². The van der Waals surface area contributed by atoms with Crippen LogP contribution in [-0.4, -0.2) is 13.6 Å². The molecule has 0 aromatic heterocycles. The molecule has 0 atom stereocenters. The minimum Gasteiger partial charge on any atom is -0.319 e. The SMILES string of the molecule is CNCCC=Cc1cc2ccccc2c2ccccc12. The van der Waals surface area contributed by atoms with Crippen LogP contribution in [0.1, 0.15) is 12.0 Å². The van der Waals surface area contributed by atoms with Crippen molar-refractivity contribution in [2.45, 2.75) is 6.42 Å². The predicted octanol–water partition coefficient (Wildman–Crippen LogP) is 4.62. The fourth-order valence-electron chi connectivity index (χ4n) is 2.66. The Labute approximate surface area is 119 Å². The molecule has 0 heterocycles. The monoisotopic (exact) mass is 261 g/mol. The first-order chi connectivity index (χ1) is 9.90. The zero-order chi connectivity index (χ0) is 13.8. The molecule has 100 valence electrons. The van der Waals surface area contributed by atoms with Gasteiger partial charge >= 0.3 is 0 Å². The van der Waals surface area contributed by atoms with E-state index in [2.05, 4.69) is 72.1 Å². The number of nitrogens with one attached hydrogen (secondary N) is 1. The number of benzene rings is 3. The first kappa shape index (κ1) is 12.9. The zero-order valence-electron chi connectivity index (χ0n) is 11.8. The molecule has 3 aromatic rings. The molecule has 3 aromatic carbocycles. The lowest BCUT2D eigenvalue weighted by molar-refractivity contribution is 0.809. The Balaban J connectivity index is 2.16. The molecular formula is C19H19N. The van der Waals surface area contributed by atoms with Gasteiger partial charge in [-0.25, -0.2) is 0 Å². The maximum atomic E-state index is 3.17. The maximum Gasteiger partial charge on any atom is -0.00172 e. The molecule has 0 aliphatic carbocycles. The smallest absolute Gasteiger partial charge is 0.00172 e. The van der Waals surface area contributed by atoms with Gasteiger partial charge in [-0.1, -0.05) is 60.7 Å². The Morgan fingerprint density at radius 2 is 1.60 bits per heavy atom. The summed E-state index contributed by atoms with van der Waals surface area (Å²) in [7, 11) is 1.99. The summed E-state index contributed by atoms with van der Waals surface area (Å²) in [5.74, 6) is 0. The lowest BCUT2D eigenvalue weighted by Crippen LogP contribution is -2.05. The molecular weight excluding hydrogens is 242 g/mol. The quantitative estimate of drug-likeness (QED) is 0.534. The van der Waals surface area contributed by atoms with E-state index in [0.29, 0.717) is 0 Å². The summed E-state index contributed by atoms with van der Waals surface area (Å²) >= 11 is 0. The summed E-state index contributed by atoms with van der Waals surface area (Å²) in [5, 5.41) is 8.46. The van der Waals surface area contributed by atoms with Crippen molar-refractivity contribution in [3.63, 3.8) is 0 Å². The van der Waals surface area contributed by atoms with E-state index in [4.69, 9.17) is 0 Å². The minimum atomic E-state index is 1.02. The van der Waals surface area contributed by atoms with E-state index in [1.807, 2.05) is 7.05 Å². The molecule has 0 aliphatic heterocycles. The molecule has 0 saturated carbocycles. The van der Waals surface area contributed by atoms with Gasteiger partial charge in [0.25, 0.3) is 0 Å². The van der Waals surface area contributed by atoms with Gasteiger partial charge < -0.3 is 5.32 Å². The Bertz CT molecular complexity index is 756. The largest absolute Gasteiger partial charge is 0.319 e. The van der Waals surface area contributed by atoms with Crippen LogP contribution < -0.4 is 5.32 Å². The summed E-state index contributed by atoms with van der Waals surface area (Å²) < 4.78 is 0. The van der Waals surface area contributed by atoms with Crippen LogP contribution in [0.3, 0.4) is 0 Å². The first-order valence-corrected chi connectivity index (χ1v) is 7.12. The minimum absolute atomic E-state index is 1.02. The third kappa shape index (κ3) is 2.45. The highest BCUT2D eigenvalue weighted by molar-refractivity contribution is 6.10. The number of rotatable bonds is 4. The van der Waals surface area contributed by atoms with Crippen molar-refractivity contribution in [2.24, 2.45) is 0 Å².